The van der Waals surface area contributed by atoms with Gasteiger partial charge in [-0.15, -0.1) is 0 Å². The summed E-state index contributed by atoms with van der Waals surface area (Å²) < 4.78 is 0. The van der Waals surface area contributed by atoms with Gasteiger partial charge in [0.15, 0.2) is 0 Å². The molecule has 0 aromatic carbocycles. The molecule has 1 unspecified atom stereocenters. The summed E-state index contributed by atoms with van der Waals surface area (Å²) in [5.41, 5.74) is 0. The van der Waals surface area contributed by atoms with Crippen molar-refractivity contribution >= 4 is 11.8 Å². The van der Waals surface area contributed by atoms with Crippen molar-refractivity contribution in [3.8, 4) is 0 Å². The van der Waals surface area contributed by atoms with Crippen LogP contribution >= 0.6 is 11.8 Å². The molecule has 0 saturated carbocycles. The molecule has 0 aromatic heterocycles. The zero-order chi connectivity index (χ0) is 5.40. The smallest absolute Gasteiger partial charge is 0.0310 e. The average molecular weight is 127 g/mol. The van der Waals surface area contributed by atoms with Gasteiger partial charge in [0.1, 0.15) is 0 Å². The highest BCUT2D eigenvalue weighted by Crippen LogP contribution is 2.48. The molecular formula is C7H11S. The van der Waals surface area contributed by atoms with Crippen molar-refractivity contribution in [3.05, 3.63) is 5.25 Å². The first-order chi connectivity index (χ1) is 3.95. The van der Waals surface area contributed by atoms with Gasteiger partial charge in [-0.1, -0.05) is 6.42 Å². The highest BCUT2D eigenvalue weighted by molar-refractivity contribution is 8.03. The molecule has 2 aliphatic heterocycles. The zero-order valence-electron chi connectivity index (χ0n) is 5.02. The van der Waals surface area contributed by atoms with Crippen LogP contribution in [0.25, 0.3) is 0 Å². The predicted molar refractivity (Wildman–Crippen MR) is 37.7 cm³/mol. The quantitative estimate of drug-likeness (QED) is 0.482. The summed E-state index contributed by atoms with van der Waals surface area (Å²) in [5, 5.41) is 2.83. The van der Waals surface area contributed by atoms with E-state index in [0.717, 1.165) is 5.25 Å². The van der Waals surface area contributed by atoms with Crippen molar-refractivity contribution in [1.82, 2.24) is 0 Å². The van der Waals surface area contributed by atoms with Crippen molar-refractivity contribution in [2.45, 2.75) is 37.4 Å². The molecular weight excluding hydrogens is 116 g/mol. The van der Waals surface area contributed by atoms with Gasteiger partial charge >= 0.3 is 0 Å². The van der Waals surface area contributed by atoms with Crippen LogP contribution < -0.4 is 0 Å². The Morgan fingerprint density at radius 3 is 3.00 bits per heavy atom. The summed E-state index contributed by atoms with van der Waals surface area (Å²) in [7, 11) is 0. The maximum atomic E-state index is 2.17. The number of fused-ring (bicyclic) bond motifs is 2. The molecule has 0 amide bonds. The molecule has 2 bridgehead atoms. The second-order valence-corrected chi connectivity index (χ2v) is 4.19. The molecule has 0 aromatic rings. The Labute approximate surface area is 55.0 Å². The Balaban J connectivity index is 2.03. The largest absolute Gasteiger partial charge is 0.150 e. The third-order valence-electron chi connectivity index (χ3n) is 2.06. The summed E-state index contributed by atoms with van der Waals surface area (Å²) in [5.74, 6) is 0. The van der Waals surface area contributed by atoms with Crippen LogP contribution in [0, 0.1) is 5.25 Å². The average Bonchev–Trinajstić information content (AvgIpc) is 2.12. The fourth-order valence-electron chi connectivity index (χ4n) is 1.59. The lowest BCUT2D eigenvalue weighted by Gasteiger charge is -2.16. The third-order valence-corrected chi connectivity index (χ3v) is 3.61. The Morgan fingerprint density at radius 2 is 2.25 bits per heavy atom. The summed E-state index contributed by atoms with van der Waals surface area (Å²) >= 11 is 2.17. The Morgan fingerprint density at radius 1 is 1.25 bits per heavy atom. The van der Waals surface area contributed by atoms with Gasteiger partial charge in [0.05, 0.1) is 0 Å². The fraction of sp³-hybridized carbons (Fsp3) is 0.857. The molecule has 1 atom stereocenters. The van der Waals surface area contributed by atoms with E-state index < -0.39 is 0 Å². The molecule has 2 aliphatic rings. The Kier molecular flexibility index (Phi) is 1.25. The highest BCUT2D eigenvalue weighted by atomic mass is 32.2. The summed E-state index contributed by atoms with van der Waals surface area (Å²) in [6, 6.07) is 0. The predicted octanol–water partition coefficient (Wildman–Crippen LogP) is 2.60. The summed E-state index contributed by atoms with van der Waals surface area (Å²) in [6.07, 6.45) is 7.33. The van der Waals surface area contributed by atoms with Gasteiger partial charge in [0, 0.05) is 10.5 Å². The second kappa shape index (κ2) is 1.94. The number of hydrogen-bond acceptors (Lipinski definition) is 1. The van der Waals surface area contributed by atoms with E-state index in [4.69, 9.17) is 0 Å². The van der Waals surface area contributed by atoms with Gasteiger partial charge in [0.25, 0.3) is 0 Å². The molecule has 2 fully saturated rings. The van der Waals surface area contributed by atoms with Gasteiger partial charge in [-0.05, 0) is 25.7 Å². The van der Waals surface area contributed by atoms with Crippen LogP contribution in [0.2, 0.25) is 0 Å². The van der Waals surface area contributed by atoms with Crippen LogP contribution in [0.3, 0.4) is 0 Å². The lowest BCUT2D eigenvalue weighted by molar-refractivity contribution is 0.713. The van der Waals surface area contributed by atoms with Crippen LogP contribution in [0.4, 0.5) is 0 Å². The lowest BCUT2D eigenvalue weighted by Crippen LogP contribution is -2.00. The van der Waals surface area contributed by atoms with Crippen molar-refractivity contribution in [1.29, 1.82) is 0 Å². The topological polar surface area (TPSA) is 0 Å². The number of hydrogen-bond donors (Lipinski definition) is 0. The van der Waals surface area contributed by atoms with E-state index in [1.165, 1.54) is 32.1 Å². The maximum absolute atomic E-state index is 2.17. The molecule has 1 radical (unpaired) electrons. The van der Waals surface area contributed by atoms with E-state index in [9.17, 15) is 0 Å². The molecule has 8 heavy (non-hydrogen) atoms. The third kappa shape index (κ3) is 0.771. The fourth-order valence-corrected chi connectivity index (χ4v) is 3.08. The minimum atomic E-state index is 1.04. The molecule has 0 spiro atoms. The monoisotopic (exact) mass is 127 g/mol. The number of rotatable bonds is 0. The SMILES string of the molecule is C1C[C]2CCC(C1)S2. The Bertz CT molecular complexity index is 76.4. The van der Waals surface area contributed by atoms with Crippen LogP contribution in [0.1, 0.15) is 32.1 Å². The van der Waals surface area contributed by atoms with E-state index in [1.54, 1.807) is 5.25 Å². The minimum absolute atomic E-state index is 1.04. The summed E-state index contributed by atoms with van der Waals surface area (Å²) in [6.45, 7) is 0. The molecule has 45 valence electrons. The van der Waals surface area contributed by atoms with Gasteiger partial charge < -0.3 is 0 Å². The molecule has 2 rings (SSSR count). The maximum Gasteiger partial charge on any atom is 0.0310 e. The molecule has 0 nitrogen and oxygen atoms in total. The highest BCUT2D eigenvalue weighted by Gasteiger charge is 2.29. The van der Waals surface area contributed by atoms with E-state index in [1.807, 2.05) is 0 Å². The van der Waals surface area contributed by atoms with Gasteiger partial charge in [-0.25, -0.2) is 0 Å². The van der Waals surface area contributed by atoms with E-state index in [0.29, 0.717) is 0 Å². The minimum Gasteiger partial charge on any atom is -0.150 e. The van der Waals surface area contributed by atoms with Crippen LogP contribution in [-0.2, 0) is 0 Å². The number of thioether (sulfide) groups is 1. The molecule has 0 aliphatic carbocycles. The van der Waals surface area contributed by atoms with Gasteiger partial charge in [-0.2, -0.15) is 11.8 Å². The standard InChI is InChI=1S/C7H11S/c1-2-6-4-5-7(3-1)8-6/h6H,1-5H2. The first-order valence-electron chi connectivity index (χ1n) is 3.46. The first-order valence-corrected chi connectivity index (χ1v) is 4.34. The van der Waals surface area contributed by atoms with Crippen LogP contribution in [0.15, 0.2) is 0 Å². The zero-order valence-corrected chi connectivity index (χ0v) is 5.84. The lowest BCUT2D eigenvalue weighted by atomic mass is 10.2. The van der Waals surface area contributed by atoms with Gasteiger partial charge in [0.2, 0.25) is 0 Å². The van der Waals surface area contributed by atoms with Crippen molar-refractivity contribution in [2.75, 3.05) is 0 Å². The van der Waals surface area contributed by atoms with Gasteiger partial charge in [-0.3, -0.25) is 0 Å². The first kappa shape index (κ1) is 5.16. The van der Waals surface area contributed by atoms with Crippen molar-refractivity contribution in [3.63, 3.8) is 0 Å². The van der Waals surface area contributed by atoms with E-state index in [-0.39, 0.29) is 0 Å². The molecule has 1 heteroatoms. The van der Waals surface area contributed by atoms with Crippen molar-refractivity contribution in [2.24, 2.45) is 0 Å². The van der Waals surface area contributed by atoms with Crippen LogP contribution in [0.5, 0.6) is 0 Å². The normalized spacial score (nSPS) is 38.2. The van der Waals surface area contributed by atoms with E-state index >= 15 is 0 Å². The Hall–Kier alpha value is 0.350. The van der Waals surface area contributed by atoms with E-state index in [2.05, 4.69) is 11.8 Å². The van der Waals surface area contributed by atoms with Crippen molar-refractivity contribution < 1.29 is 0 Å². The molecule has 2 heterocycles. The second-order valence-electron chi connectivity index (χ2n) is 2.71. The van der Waals surface area contributed by atoms with Crippen LogP contribution in [-0.4, -0.2) is 5.25 Å². The molecule has 2 saturated heterocycles. The summed E-state index contributed by atoms with van der Waals surface area (Å²) in [4.78, 5) is 0. The molecule has 0 N–H and O–H groups in total.